The fraction of sp³-hybridized carbons (Fsp3) is 0.429. The summed E-state index contributed by atoms with van der Waals surface area (Å²) in [5.41, 5.74) is 6.16. The molecular formula is C14H15F4N5. The standard InChI is InChI=1S/C14H15F4N5/c15-9-3-10(16)5-11(4-9)22-12-20-7-21-14(19,23-12)8-1-2-13(17,18)6-8/h3-5,7-8H,1-2,6,19H2,(H2,20,21,22,23). The molecule has 1 fully saturated rings. The Kier molecular flexibility index (Phi) is 3.75. The van der Waals surface area contributed by atoms with Crippen molar-refractivity contribution in [2.45, 2.75) is 31.0 Å². The van der Waals surface area contributed by atoms with Gasteiger partial charge in [-0.15, -0.1) is 0 Å². The summed E-state index contributed by atoms with van der Waals surface area (Å²) in [6, 6.07) is 2.87. The van der Waals surface area contributed by atoms with Crippen LogP contribution in [0.2, 0.25) is 0 Å². The lowest BCUT2D eigenvalue weighted by atomic mass is 9.99. The number of aliphatic imine (C=N–C) groups is 2. The van der Waals surface area contributed by atoms with Gasteiger partial charge in [-0.3, -0.25) is 5.73 Å². The summed E-state index contributed by atoms with van der Waals surface area (Å²) >= 11 is 0. The Morgan fingerprint density at radius 1 is 1.22 bits per heavy atom. The fourth-order valence-corrected chi connectivity index (χ4v) is 2.77. The first-order valence-electron chi connectivity index (χ1n) is 7.06. The number of alkyl halides is 2. The number of nitrogens with two attached hydrogens (primary N) is 1. The fourth-order valence-electron chi connectivity index (χ4n) is 2.77. The highest BCUT2D eigenvalue weighted by Gasteiger charge is 2.48. The Morgan fingerprint density at radius 2 is 1.91 bits per heavy atom. The number of nitrogens with one attached hydrogen (secondary N) is 2. The first kappa shape index (κ1) is 15.7. The van der Waals surface area contributed by atoms with E-state index in [0.717, 1.165) is 18.2 Å². The highest BCUT2D eigenvalue weighted by atomic mass is 19.3. The van der Waals surface area contributed by atoms with Crippen LogP contribution in [0.4, 0.5) is 23.2 Å². The van der Waals surface area contributed by atoms with E-state index in [2.05, 4.69) is 20.6 Å². The molecule has 0 spiro atoms. The highest BCUT2D eigenvalue weighted by Crippen LogP contribution is 2.44. The normalized spacial score (nSPS) is 29.1. The monoisotopic (exact) mass is 329 g/mol. The zero-order chi connectivity index (χ0) is 16.7. The number of nitrogens with zero attached hydrogens (tertiary/aromatic N) is 2. The predicted octanol–water partition coefficient (Wildman–Crippen LogP) is 2.41. The average Bonchev–Trinajstić information content (AvgIpc) is 2.79. The molecule has 0 saturated heterocycles. The Bertz CT molecular complexity index is 655. The van der Waals surface area contributed by atoms with E-state index in [-0.39, 0.29) is 24.5 Å². The van der Waals surface area contributed by atoms with Gasteiger partial charge < -0.3 is 10.6 Å². The maximum atomic E-state index is 13.4. The Balaban J connectivity index is 1.79. The second-order valence-corrected chi connectivity index (χ2v) is 5.72. The number of hydrogen-bond donors (Lipinski definition) is 3. The summed E-state index contributed by atoms with van der Waals surface area (Å²) in [5.74, 6) is -6.34. The number of halogens is 4. The summed E-state index contributed by atoms with van der Waals surface area (Å²) in [7, 11) is 0. The molecule has 1 aromatic carbocycles. The average molecular weight is 329 g/mol. The zero-order valence-electron chi connectivity index (χ0n) is 12.0. The summed E-state index contributed by atoms with van der Waals surface area (Å²) in [6.45, 7) is 0. The SMILES string of the molecule is NC1(C2CCC(F)(F)C2)N=CNC(Nc2cc(F)cc(F)c2)=N1. The van der Waals surface area contributed by atoms with Crippen LogP contribution in [0.15, 0.2) is 28.2 Å². The topological polar surface area (TPSA) is 74.8 Å². The van der Waals surface area contributed by atoms with Gasteiger partial charge >= 0.3 is 0 Å². The minimum absolute atomic E-state index is 0.0858. The van der Waals surface area contributed by atoms with Gasteiger partial charge in [0.1, 0.15) is 11.6 Å². The Labute approximate surface area is 129 Å². The molecule has 1 aromatic rings. The molecule has 0 radical (unpaired) electrons. The molecule has 3 rings (SSSR count). The van der Waals surface area contributed by atoms with Crippen molar-refractivity contribution < 1.29 is 17.6 Å². The van der Waals surface area contributed by atoms with E-state index in [1.807, 2.05) is 0 Å². The molecule has 1 saturated carbocycles. The summed E-state index contributed by atoms with van der Waals surface area (Å²) < 4.78 is 53.1. The quantitative estimate of drug-likeness (QED) is 0.730. The molecule has 1 heterocycles. The smallest absolute Gasteiger partial charge is 0.248 e. The van der Waals surface area contributed by atoms with Gasteiger partial charge in [-0.1, -0.05) is 0 Å². The molecule has 23 heavy (non-hydrogen) atoms. The lowest BCUT2D eigenvalue weighted by molar-refractivity contribution is 0.00131. The molecule has 5 nitrogen and oxygen atoms in total. The van der Waals surface area contributed by atoms with E-state index in [1.54, 1.807) is 0 Å². The number of rotatable bonds is 2. The van der Waals surface area contributed by atoms with Crippen LogP contribution in [0.5, 0.6) is 0 Å². The van der Waals surface area contributed by atoms with Gasteiger partial charge in [-0.05, 0) is 18.6 Å². The van der Waals surface area contributed by atoms with Gasteiger partial charge in [0.05, 0.1) is 6.34 Å². The van der Waals surface area contributed by atoms with Gasteiger partial charge in [-0.25, -0.2) is 27.5 Å². The molecule has 9 heteroatoms. The third-order valence-electron chi connectivity index (χ3n) is 3.89. The van der Waals surface area contributed by atoms with Gasteiger partial charge in [0.15, 0.2) is 0 Å². The lowest BCUT2D eigenvalue weighted by Gasteiger charge is -2.30. The van der Waals surface area contributed by atoms with Crippen LogP contribution in [0, 0.1) is 17.6 Å². The minimum atomic E-state index is -2.77. The van der Waals surface area contributed by atoms with Gasteiger partial charge in [-0.2, -0.15) is 0 Å². The van der Waals surface area contributed by atoms with Crippen LogP contribution in [-0.4, -0.2) is 24.0 Å². The van der Waals surface area contributed by atoms with Crippen molar-refractivity contribution in [3.63, 3.8) is 0 Å². The largest absolute Gasteiger partial charge is 0.326 e. The Morgan fingerprint density at radius 3 is 2.52 bits per heavy atom. The van der Waals surface area contributed by atoms with Crippen molar-refractivity contribution in [2.75, 3.05) is 5.32 Å². The molecular weight excluding hydrogens is 314 g/mol. The third-order valence-corrected chi connectivity index (χ3v) is 3.89. The molecule has 124 valence electrons. The number of hydrogen-bond acceptors (Lipinski definition) is 5. The molecule has 2 atom stereocenters. The van der Waals surface area contributed by atoms with Gasteiger partial charge in [0.25, 0.3) is 0 Å². The van der Waals surface area contributed by atoms with Crippen LogP contribution in [0.25, 0.3) is 0 Å². The van der Waals surface area contributed by atoms with Crippen molar-refractivity contribution in [3.8, 4) is 0 Å². The first-order chi connectivity index (χ1) is 10.8. The molecule has 0 aromatic heterocycles. The summed E-state index contributed by atoms with van der Waals surface area (Å²) in [4.78, 5) is 8.08. The molecule has 1 aliphatic heterocycles. The molecule has 2 aliphatic rings. The third kappa shape index (κ3) is 3.44. The van der Waals surface area contributed by atoms with Crippen LogP contribution < -0.4 is 16.4 Å². The van der Waals surface area contributed by atoms with Gasteiger partial charge in [0, 0.05) is 30.5 Å². The van der Waals surface area contributed by atoms with Crippen LogP contribution in [0.1, 0.15) is 19.3 Å². The van der Waals surface area contributed by atoms with Crippen molar-refractivity contribution in [1.29, 1.82) is 0 Å². The Hall–Kier alpha value is -2.16. The lowest BCUT2D eigenvalue weighted by Crippen LogP contribution is -2.50. The minimum Gasteiger partial charge on any atom is -0.326 e. The number of guanidine groups is 1. The maximum absolute atomic E-state index is 13.4. The van der Waals surface area contributed by atoms with Crippen LogP contribution >= 0.6 is 0 Å². The molecule has 0 bridgehead atoms. The van der Waals surface area contributed by atoms with Crippen molar-refractivity contribution >= 4 is 18.0 Å². The number of anilines is 1. The van der Waals surface area contributed by atoms with Crippen LogP contribution in [-0.2, 0) is 0 Å². The van der Waals surface area contributed by atoms with E-state index >= 15 is 0 Å². The maximum Gasteiger partial charge on any atom is 0.248 e. The van der Waals surface area contributed by atoms with E-state index in [4.69, 9.17) is 5.73 Å². The number of benzene rings is 1. The van der Waals surface area contributed by atoms with E-state index in [9.17, 15) is 17.6 Å². The predicted molar refractivity (Wildman–Crippen MR) is 78.2 cm³/mol. The van der Waals surface area contributed by atoms with E-state index in [1.165, 1.54) is 6.34 Å². The van der Waals surface area contributed by atoms with E-state index < -0.39 is 35.7 Å². The molecule has 0 amide bonds. The zero-order valence-corrected chi connectivity index (χ0v) is 12.0. The van der Waals surface area contributed by atoms with Crippen molar-refractivity contribution in [2.24, 2.45) is 21.6 Å². The second kappa shape index (κ2) is 5.48. The molecule has 2 unspecified atom stereocenters. The molecule has 4 N–H and O–H groups in total. The highest BCUT2D eigenvalue weighted by molar-refractivity contribution is 6.01. The van der Waals surface area contributed by atoms with Gasteiger partial charge in [0.2, 0.25) is 17.7 Å². The van der Waals surface area contributed by atoms with Crippen molar-refractivity contribution in [1.82, 2.24) is 5.32 Å². The summed E-state index contributed by atoms with van der Waals surface area (Å²) in [6.07, 6.45) is 0.785. The van der Waals surface area contributed by atoms with E-state index in [0.29, 0.717) is 0 Å². The summed E-state index contributed by atoms with van der Waals surface area (Å²) in [5, 5.41) is 5.30. The van der Waals surface area contributed by atoms with Crippen LogP contribution in [0.3, 0.4) is 0 Å². The van der Waals surface area contributed by atoms with Crippen molar-refractivity contribution in [3.05, 3.63) is 29.8 Å². The first-order valence-corrected chi connectivity index (χ1v) is 7.06. The molecule has 1 aliphatic carbocycles. The second-order valence-electron chi connectivity index (χ2n) is 5.72.